The number of fused-ring (bicyclic) bond motifs is 8. The van der Waals surface area contributed by atoms with E-state index in [0.29, 0.717) is 17.5 Å². The standard InChI is InChI=1S/C47H29N3O/c1-3-12-30(13-4-1)31-22-24-33(25-23-31)46-48-45(32-14-5-2-6-15-32)49-47(50-46)36-17-11-16-34(28-36)35-26-27-38-37-18-7-8-19-39(37)44-43(41(38)29-35)40-20-9-10-21-42(40)51-44/h1-29H. The van der Waals surface area contributed by atoms with E-state index in [9.17, 15) is 0 Å². The molecule has 0 atom stereocenters. The summed E-state index contributed by atoms with van der Waals surface area (Å²) in [5.74, 6) is 1.90. The molecule has 0 amide bonds. The summed E-state index contributed by atoms with van der Waals surface area (Å²) >= 11 is 0. The Labute approximate surface area is 294 Å². The van der Waals surface area contributed by atoms with Crippen LogP contribution in [0.1, 0.15) is 0 Å². The topological polar surface area (TPSA) is 51.8 Å². The van der Waals surface area contributed by atoms with E-state index < -0.39 is 0 Å². The number of nitrogens with zero attached hydrogens (tertiary/aromatic N) is 3. The van der Waals surface area contributed by atoms with Crippen LogP contribution in [0.25, 0.3) is 99.9 Å². The molecule has 10 aromatic rings. The largest absolute Gasteiger partial charge is 0.455 e. The Hall–Kier alpha value is -6.91. The molecule has 2 heterocycles. The van der Waals surface area contributed by atoms with Gasteiger partial charge < -0.3 is 4.42 Å². The third-order valence-corrected chi connectivity index (χ3v) is 9.72. The summed E-state index contributed by atoms with van der Waals surface area (Å²) in [4.78, 5) is 15.0. The molecule has 0 fully saturated rings. The Morgan fingerprint density at radius 3 is 1.51 bits per heavy atom. The highest BCUT2D eigenvalue weighted by Gasteiger charge is 2.17. The van der Waals surface area contributed by atoms with Crippen molar-refractivity contribution in [3.63, 3.8) is 0 Å². The molecule has 0 radical (unpaired) electrons. The third kappa shape index (κ3) is 5.04. The Bertz CT molecular complexity index is 2900. The third-order valence-electron chi connectivity index (χ3n) is 9.72. The molecule has 0 aliphatic carbocycles. The quantitative estimate of drug-likeness (QED) is 0.174. The second kappa shape index (κ2) is 11.9. The Balaban J connectivity index is 1.12. The molecule has 4 heteroatoms. The van der Waals surface area contributed by atoms with Crippen LogP contribution in [0.15, 0.2) is 180 Å². The smallest absolute Gasteiger partial charge is 0.164 e. The van der Waals surface area contributed by atoms with Gasteiger partial charge in [-0.05, 0) is 56.6 Å². The van der Waals surface area contributed by atoms with Crippen molar-refractivity contribution in [3.8, 4) is 56.4 Å². The molecule has 0 aliphatic heterocycles. The van der Waals surface area contributed by atoms with Crippen molar-refractivity contribution < 1.29 is 4.42 Å². The molecule has 0 unspecified atom stereocenters. The van der Waals surface area contributed by atoms with Crippen LogP contribution in [0.5, 0.6) is 0 Å². The number of rotatable bonds is 5. The number of benzene rings is 8. The second-order valence-electron chi connectivity index (χ2n) is 12.8. The Morgan fingerprint density at radius 2 is 0.765 bits per heavy atom. The van der Waals surface area contributed by atoms with Gasteiger partial charge in [0.25, 0.3) is 0 Å². The van der Waals surface area contributed by atoms with Crippen LogP contribution in [0.2, 0.25) is 0 Å². The molecule has 8 aromatic carbocycles. The second-order valence-corrected chi connectivity index (χ2v) is 12.8. The lowest BCUT2D eigenvalue weighted by Gasteiger charge is -2.11. The van der Waals surface area contributed by atoms with Crippen LogP contribution in [-0.4, -0.2) is 15.0 Å². The van der Waals surface area contributed by atoms with Gasteiger partial charge in [0, 0.05) is 32.8 Å². The molecule has 238 valence electrons. The average Bonchev–Trinajstić information content (AvgIpc) is 3.62. The van der Waals surface area contributed by atoms with E-state index in [1.807, 2.05) is 48.5 Å². The minimum Gasteiger partial charge on any atom is -0.455 e. The molecule has 4 nitrogen and oxygen atoms in total. The first-order valence-corrected chi connectivity index (χ1v) is 17.1. The van der Waals surface area contributed by atoms with Gasteiger partial charge in [-0.3, -0.25) is 0 Å². The molecule has 2 aromatic heterocycles. The molecule has 0 N–H and O–H groups in total. The lowest BCUT2D eigenvalue weighted by Crippen LogP contribution is -2.00. The van der Waals surface area contributed by atoms with Gasteiger partial charge in [0.1, 0.15) is 11.2 Å². The molecule has 0 saturated carbocycles. The van der Waals surface area contributed by atoms with Gasteiger partial charge in [0.15, 0.2) is 17.5 Å². The van der Waals surface area contributed by atoms with Gasteiger partial charge in [0.2, 0.25) is 0 Å². The first kappa shape index (κ1) is 29.0. The zero-order valence-electron chi connectivity index (χ0n) is 27.5. The zero-order valence-corrected chi connectivity index (χ0v) is 27.5. The van der Waals surface area contributed by atoms with Crippen LogP contribution < -0.4 is 0 Å². The maximum atomic E-state index is 6.50. The van der Waals surface area contributed by atoms with Gasteiger partial charge >= 0.3 is 0 Å². The van der Waals surface area contributed by atoms with Gasteiger partial charge in [-0.2, -0.15) is 0 Å². The lowest BCUT2D eigenvalue weighted by molar-refractivity contribution is 0.673. The minimum atomic E-state index is 0.628. The van der Waals surface area contributed by atoms with E-state index in [0.717, 1.165) is 60.7 Å². The molecule has 0 saturated heterocycles. The van der Waals surface area contributed by atoms with E-state index in [2.05, 4.69) is 127 Å². The van der Waals surface area contributed by atoms with Gasteiger partial charge in [-0.25, -0.2) is 15.0 Å². The molecule has 51 heavy (non-hydrogen) atoms. The van der Waals surface area contributed by atoms with Crippen molar-refractivity contribution in [3.05, 3.63) is 176 Å². The number of furan rings is 1. The predicted octanol–water partition coefficient (Wildman–Crippen LogP) is 12.4. The summed E-state index contributed by atoms with van der Waals surface area (Å²) in [6.45, 7) is 0. The summed E-state index contributed by atoms with van der Waals surface area (Å²) in [5.41, 5.74) is 9.13. The highest BCUT2D eigenvalue weighted by molar-refractivity contribution is 6.30. The van der Waals surface area contributed by atoms with Crippen LogP contribution in [-0.2, 0) is 0 Å². The molecular formula is C47H29N3O. The van der Waals surface area contributed by atoms with Crippen molar-refractivity contribution in [2.45, 2.75) is 0 Å². The molecule has 0 aliphatic rings. The van der Waals surface area contributed by atoms with E-state index in [-0.39, 0.29) is 0 Å². The van der Waals surface area contributed by atoms with Crippen molar-refractivity contribution >= 4 is 43.5 Å². The molecule has 10 rings (SSSR count). The summed E-state index contributed by atoms with van der Waals surface area (Å²) in [6.07, 6.45) is 0. The van der Waals surface area contributed by atoms with E-state index in [1.165, 1.54) is 21.7 Å². The van der Waals surface area contributed by atoms with Crippen LogP contribution >= 0.6 is 0 Å². The predicted molar refractivity (Wildman–Crippen MR) is 209 cm³/mol. The Morgan fingerprint density at radius 1 is 0.294 bits per heavy atom. The van der Waals surface area contributed by atoms with Gasteiger partial charge in [-0.1, -0.05) is 158 Å². The van der Waals surface area contributed by atoms with Crippen LogP contribution in [0.4, 0.5) is 0 Å². The van der Waals surface area contributed by atoms with Gasteiger partial charge in [0.05, 0.1) is 0 Å². The highest BCUT2D eigenvalue weighted by atomic mass is 16.3. The number of para-hydroxylation sites is 1. The first-order chi connectivity index (χ1) is 25.3. The number of hydrogen-bond donors (Lipinski definition) is 0. The average molecular weight is 652 g/mol. The summed E-state index contributed by atoms with van der Waals surface area (Å²) < 4.78 is 6.50. The van der Waals surface area contributed by atoms with Gasteiger partial charge in [-0.15, -0.1) is 0 Å². The normalized spacial score (nSPS) is 11.5. The summed E-state index contributed by atoms with van der Waals surface area (Å²) in [7, 11) is 0. The van der Waals surface area contributed by atoms with Crippen molar-refractivity contribution in [1.29, 1.82) is 0 Å². The fourth-order valence-corrected chi connectivity index (χ4v) is 7.21. The molecule has 0 bridgehead atoms. The fourth-order valence-electron chi connectivity index (χ4n) is 7.21. The van der Waals surface area contributed by atoms with Crippen molar-refractivity contribution in [2.75, 3.05) is 0 Å². The van der Waals surface area contributed by atoms with Crippen LogP contribution in [0, 0.1) is 0 Å². The highest BCUT2D eigenvalue weighted by Crippen LogP contribution is 2.42. The molecule has 0 spiro atoms. The van der Waals surface area contributed by atoms with Crippen LogP contribution in [0.3, 0.4) is 0 Å². The lowest BCUT2D eigenvalue weighted by atomic mass is 9.93. The van der Waals surface area contributed by atoms with Crippen molar-refractivity contribution in [1.82, 2.24) is 15.0 Å². The zero-order chi connectivity index (χ0) is 33.7. The maximum Gasteiger partial charge on any atom is 0.164 e. The number of hydrogen-bond acceptors (Lipinski definition) is 4. The minimum absolute atomic E-state index is 0.628. The summed E-state index contributed by atoms with van der Waals surface area (Å²) in [5, 5.41) is 6.95. The van der Waals surface area contributed by atoms with E-state index >= 15 is 0 Å². The van der Waals surface area contributed by atoms with Crippen molar-refractivity contribution in [2.24, 2.45) is 0 Å². The first-order valence-electron chi connectivity index (χ1n) is 17.1. The molecular weight excluding hydrogens is 623 g/mol. The maximum absolute atomic E-state index is 6.50. The fraction of sp³-hybridized carbons (Fsp3) is 0. The van der Waals surface area contributed by atoms with E-state index in [4.69, 9.17) is 19.4 Å². The Kier molecular flexibility index (Phi) is 6.78. The van der Waals surface area contributed by atoms with E-state index in [1.54, 1.807) is 0 Å². The SMILES string of the molecule is c1ccc(-c2ccc(-c3nc(-c4ccccc4)nc(-c4cccc(-c5ccc6c7ccccc7c7oc8ccccc8c7c6c5)c4)n3)cc2)cc1. The summed E-state index contributed by atoms with van der Waals surface area (Å²) in [6, 6.07) is 61.0. The number of aromatic nitrogens is 3. The monoisotopic (exact) mass is 651 g/mol.